The van der Waals surface area contributed by atoms with Crippen molar-refractivity contribution >= 4 is 16.8 Å². The number of aryl methyl sites for hydroxylation is 1. The van der Waals surface area contributed by atoms with Crippen molar-refractivity contribution in [3.63, 3.8) is 0 Å². The van der Waals surface area contributed by atoms with Crippen molar-refractivity contribution in [3.8, 4) is 11.5 Å². The van der Waals surface area contributed by atoms with E-state index in [4.69, 9.17) is 14.2 Å². The van der Waals surface area contributed by atoms with Gasteiger partial charge in [0, 0.05) is 30.8 Å². The van der Waals surface area contributed by atoms with Gasteiger partial charge in [-0.25, -0.2) is 0 Å². The number of aromatic nitrogens is 1. The zero-order chi connectivity index (χ0) is 21.1. The number of H-pyrrole nitrogens is 1. The summed E-state index contributed by atoms with van der Waals surface area (Å²) in [6.07, 6.45) is 4.54. The molecule has 6 nitrogen and oxygen atoms in total. The number of carbonyl (C=O) groups is 1. The molecule has 0 unspecified atom stereocenters. The van der Waals surface area contributed by atoms with E-state index in [1.54, 1.807) is 21.3 Å². The Morgan fingerprint density at radius 2 is 1.90 bits per heavy atom. The smallest absolute Gasteiger partial charge is 0.249 e. The summed E-state index contributed by atoms with van der Waals surface area (Å²) in [5.41, 5.74) is 4.73. The molecule has 1 amide bonds. The van der Waals surface area contributed by atoms with E-state index in [0.29, 0.717) is 12.3 Å². The van der Waals surface area contributed by atoms with Crippen LogP contribution in [0.15, 0.2) is 42.6 Å². The molecule has 0 saturated carbocycles. The third-order valence-corrected chi connectivity index (χ3v) is 5.95. The molecule has 1 N–H and O–H groups in total. The molecular formula is C24H28N2O4. The molecule has 1 aliphatic heterocycles. The second kappa shape index (κ2) is 8.79. The SMILES string of the molecule is COCC(=O)N1CCc2cc(OC)c(OC)cc2[C@@H]1CCc1c[nH]c2ccccc12. The van der Waals surface area contributed by atoms with Gasteiger partial charge in [-0.05, 0) is 54.2 Å². The lowest BCUT2D eigenvalue weighted by molar-refractivity contribution is -0.138. The van der Waals surface area contributed by atoms with Crippen LogP contribution in [-0.2, 0) is 22.4 Å². The summed E-state index contributed by atoms with van der Waals surface area (Å²) in [6.45, 7) is 0.759. The Balaban J connectivity index is 1.68. The molecule has 0 saturated heterocycles. The molecule has 1 aliphatic rings. The Morgan fingerprint density at radius 3 is 2.67 bits per heavy atom. The van der Waals surface area contributed by atoms with Crippen LogP contribution in [0, 0.1) is 0 Å². The van der Waals surface area contributed by atoms with Gasteiger partial charge in [-0.2, -0.15) is 0 Å². The highest BCUT2D eigenvalue weighted by Crippen LogP contribution is 2.40. The Bertz CT molecular complexity index is 1040. The number of carbonyl (C=O) groups excluding carboxylic acids is 1. The fraction of sp³-hybridized carbons (Fsp3) is 0.375. The number of benzene rings is 2. The Kier molecular flexibility index (Phi) is 5.95. The van der Waals surface area contributed by atoms with Gasteiger partial charge in [-0.1, -0.05) is 18.2 Å². The van der Waals surface area contributed by atoms with E-state index in [0.717, 1.165) is 36.1 Å². The van der Waals surface area contributed by atoms with Gasteiger partial charge in [0.2, 0.25) is 5.91 Å². The first kappa shape index (κ1) is 20.3. The van der Waals surface area contributed by atoms with Gasteiger partial charge in [0.25, 0.3) is 0 Å². The Morgan fingerprint density at radius 1 is 1.13 bits per heavy atom. The highest BCUT2D eigenvalue weighted by atomic mass is 16.5. The third kappa shape index (κ3) is 3.75. The van der Waals surface area contributed by atoms with E-state index < -0.39 is 0 Å². The molecule has 4 rings (SSSR count). The molecule has 6 heteroatoms. The standard InChI is InChI=1S/C24H28N2O4/c1-28-15-24(27)26-11-10-16-12-22(29-2)23(30-3)13-19(16)21(26)9-8-17-14-25-20-7-5-4-6-18(17)20/h4-7,12-14,21,25H,8-11,15H2,1-3H3/t21-/m0/s1. The molecule has 0 bridgehead atoms. The molecule has 2 aromatic carbocycles. The molecule has 1 atom stereocenters. The topological polar surface area (TPSA) is 63.8 Å². The lowest BCUT2D eigenvalue weighted by atomic mass is 9.88. The lowest BCUT2D eigenvalue weighted by Gasteiger charge is -2.38. The van der Waals surface area contributed by atoms with Crippen molar-refractivity contribution < 1.29 is 19.0 Å². The van der Waals surface area contributed by atoms with Crippen LogP contribution in [0.1, 0.15) is 29.2 Å². The number of para-hydroxylation sites is 1. The summed E-state index contributed by atoms with van der Waals surface area (Å²) in [7, 11) is 4.85. The maximum Gasteiger partial charge on any atom is 0.249 e. The molecule has 0 spiro atoms. The predicted molar refractivity (Wildman–Crippen MR) is 116 cm³/mol. The van der Waals surface area contributed by atoms with Crippen LogP contribution < -0.4 is 9.47 Å². The molecule has 2 heterocycles. The third-order valence-electron chi connectivity index (χ3n) is 5.95. The first-order valence-electron chi connectivity index (χ1n) is 10.2. The van der Waals surface area contributed by atoms with Crippen molar-refractivity contribution in [3.05, 3.63) is 59.3 Å². The number of methoxy groups -OCH3 is 3. The van der Waals surface area contributed by atoms with E-state index in [2.05, 4.69) is 29.4 Å². The fourth-order valence-electron chi connectivity index (χ4n) is 4.48. The maximum atomic E-state index is 12.8. The van der Waals surface area contributed by atoms with Gasteiger partial charge < -0.3 is 24.1 Å². The molecule has 0 radical (unpaired) electrons. The highest BCUT2D eigenvalue weighted by Gasteiger charge is 2.32. The number of nitrogens with one attached hydrogen (secondary N) is 1. The summed E-state index contributed by atoms with van der Waals surface area (Å²) < 4.78 is 16.2. The van der Waals surface area contributed by atoms with Gasteiger partial charge >= 0.3 is 0 Å². The number of amides is 1. The number of rotatable bonds is 7. The number of hydrogen-bond acceptors (Lipinski definition) is 4. The molecule has 0 aliphatic carbocycles. The summed E-state index contributed by atoms with van der Waals surface area (Å²) >= 11 is 0. The van der Waals surface area contributed by atoms with Crippen LogP contribution in [0.3, 0.4) is 0 Å². The number of fused-ring (bicyclic) bond motifs is 2. The first-order valence-corrected chi connectivity index (χ1v) is 10.2. The molecule has 3 aromatic rings. The maximum absolute atomic E-state index is 12.8. The van der Waals surface area contributed by atoms with Gasteiger partial charge in [-0.3, -0.25) is 4.79 Å². The van der Waals surface area contributed by atoms with Gasteiger partial charge in [0.15, 0.2) is 11.5 Å². The molecule has 0 fully saturated rings. The lowest BCUT2D eigenvalue weighted by Crippen LogP contribution is -2.42. The molecule has 1 aromatic heterocycles. The Labute approximate surface area is 176 Å². The normalized spacial score (nSPS) is 15.8. The van der Waals surface area contributed by atoms with Crippen LogP contribution in [0.2, 0.25) is 0 Å². The monoisotopic (exact) mass is 408 g/mol. The zero-order valence-corrected chi connectivity index (χ0v) is 17.7. The van der Waals surface area contributed by atoms with Crippen LogP contribution >= 0.6 is 0 Å². The van der Waals surface area contributed by atoms with Crippen LogP contribution in [-0.4, -0.2) is 50.3 Å². The first-order chi connectivity index (χ1) is 14.7. The minimum absolute atomic E-state index is 0.0156. The average Bonchev–Trinajstić information content (AvgIpc) is 3.19. The van der Waals surface area contributed by atoms with Crippen LogP contribution in [0.25, 0.3) is 10.9 Å². The Hall–Kier alpha value is -2.99. The number of aromatic amines is 1. The summed E-state index contributed by atoms with van der Waals surface area (Å²) in [5, 5.41) is 1.23. The number of nitrogens with zero attached hydrogens (tertiary/aromatic N) is 1. The van der Waals surface area contributed by atoms with E-state index in [-0.39, 0.29) is 18.6 Å². The van der Waals surface area contributed by atoms with Crippen LogP contribution in [0.4, 0.5) is 0 Å². The van der Waals surface area contributed by atoms with Crippen LogP contribution in [0.5, 0.6) is 11.5 Å². The van der Waals surface area contributed by atoms with Crippen molar-refractivity contribution in [1.82, 2.24) is 9.88 Å². The fourth-order valence-corrected chi connectivity index (χ4v) is 4.48. The number of ether oxygens (including phenoxy) is 3. The summed E-state index contributed by atoms with van der Waals surface area (Å²) in [6, 6.07) is 12.3. The van der Waals surface area contributed by atoms with Gasteiger partial charge in [0.05, 0.1) is 20.3 Å². The molecular weight excluding hydrogens is 380 g/mol. The van der Waals surface area contributed by atoms with Crippen molar-refractivity contribution in [1.29, 1.82) is 0 Å². The van der Waals surface area contributed by atoms with Gasteiger partial charge in [0.1, 0.15) is 6.61 Å². The summed E-state index contributed by atoms with van der Waals surface area (Å²) in [4.78, 5) is 18.1. The van der Waals surface area contributed by atoms with Crippen molar-refractivity contribution in [2.24, 2.45) is 0 Å². The van der Waals surface area contributed by atoms with E-state index in [1.807, 2.05) is 23.1 Å². The number of hydrogen-bond donors (Lipinski definition) is 1. The van der Waals surface area contributed by atoms with Gasteiger partial charge in [-0.15, -0.1) is 0 Å². The molecule has 30 heavy (non-hydrogen) atoms. The average molecular weight is 408 g/mol. The highest BCUT2D eigenvalue weighted by molar-refractivity contribution is 5.83. The predicted octanol–water partition coefficient (Wildman–Crippen LogP) is 3.89. The quantitative estimate of drug-likeness (QED) is 0.644. The van der Waals surface area contributed by atoms with E-state index in [1.165, 1.54) is 16.5 Å². The second-order valence-electron chi connectivity index (χ2n) is 7.59. The van der Waals surface area contributed by atoms with Crippen molar-refractivity contribution in [2.45, 2.75) is 25.3 Å². The van der Waals surface area contributed by atoms with E-state index in [9.17, 15) is 4.79 Å². The minimum Gasteiger partial charge on any atom is -0.493 e. The summed E-state index contributed by atoms with van der Waals surface area (Å²) in [5.74, 6) is 1.43. The van der Waals surface area contributed by atoms with Crippen molar-refractivity contribution in [2.75, 3.05) is 34.5 Å². The minimum atomic E-state index is -0.0372. The molecule has 158 valence electrons. The largest absolute Gasteiger partial charge is 0.493 e. The van der Waals surface area contributed by atoms with E-state index >= 15 is 0 Å². The zero-order valence-electron chi connectivity index (χ0n) is 17.7. The second-order valence-corrected chi connectivity index (χ2v) is 7.59.